The van der Waals surface area contributed by atoms with Crippen LogP contribution in [0, 0.1) is 11.6 Å². The fourth-order valence-corrected chi connectivity index (χ4v) is 2.36. The van der Waals surface area contributed by atoms with Gasteiger partial charge < -0.3 is 4.98 Å². The van der Waals surface area contributed by atoms with Gasteiger partial charge in [-0.1, -0.05) is 18.2 Å². The minimum Gasteiger partial charge on any atom is -0.361 e. The third-order valence-electron chi connectivity index (χ3n) is 3.52. The predicted molar refractivity (Wildman–Crippen MR) is 84.0 cm³/mol. The number of para-hydroxylation sites is 1. The molecule has 0 saturated heterocycles. The average Bonchev–Trinajstić information content (AvgIpc) is 2.96. The number of hydrazine groups is 1. The zero-order valence-electron chi connectivity index (χ0n) is 12.4. The lowest BCUT2D eigenvalue weighted by Gasteiger charge is -2.08. The Bertz CT molecular complexity index is 921. The highest BCUT2D eigenvalue weighted by molar-refractivity contribution is 5.96. The summed E-state index contributed by atoms with van der Waals surface area (Å²) in [5, 5.41) is 0.906. The van der Waals surface area contributed by atoms with Gasteiger partial charge in [-0.05, 0) is 23.8 Å². The first kappa shape index (κ1) is 15.7. The Morgan fingerprint density at radius 2 is 1.83 bits per heavy atom. The van der Waals surface area contributed by atoms with E-state index in [2.05, 4.69) is 15.8 Å². The van der Waals surface area contributed by atoms with Crippen LogP contribution in [0.25, 0.3) is 10.9 Å². The van der Waals surface area contributed by atoms with Crippen LogP contribution in [0.3, 0.4) is 0 Å². The number of hydrogen-bond donors (Lipinski definition) is 3. The molecular weight excluding hydrogens is 316 g/mol. The van der Waals surface area contributed by atoms with Crippen molar-refractivity contribution in [3.05, 3.63) is 71.4 Å². The van der Waals surface area contributed by atoms with Crippen molar-refractivity contribution in [3.8, 4) is 0 Å². The topological polar surface area (TPSA) is 74.0 Å². The van der Waals surface area contributed by atoms with Crippen molar-refractivity contribution in [1.82, 2.24) is 15.8 Å². The summed E-state index contributed by atoms with van der Waals surface area (Å²) in [6.07, 6.45) is 1.75. The third kappa shape index (κ3) is 3.24. The number of H-pyrrole nitrogens is 1. The van der Waals surface area contributed by atoms with Gasteiger partial charge in [0.25, 0.3) is 5.91 Å². The van der Waals surface area contributed by atoms with Gasteiger partial charge in [0.05, 0.1) is 12.0 Å². The van der Waals surface area contributed by atoms with Gasteiger partial charge in [-0.2, -0.15) is 0 Å². The number of amides is 2. The molecule has 0 aliphatic carbocycles. The van der Waals surface area contributed by atoms with E-state index in [0.29, 0.717) is 6.07 Å². The molecule has 7 heteroatoms. The van der Waals surface area contributed by atoms with Crippen molar-refractivity contribution in [2.24, 2.45) is 0 Å². The van der Waals surface area contributed by atoms with Crippen molar-refractivity contribution in [2.75, 3.05) is 0 Å². The Balaban J connectivity index is 1.62. The number of aromatic nitrogens is 1. The van der Waals surface area contributed by atoms with Crippen LogP contribution in [0.5, 0.6) is 0 Å². The molecule has 0 saturated carbocycles. The molecule has 0 spiro atoms. The number of carbonyl (C=O) groups excluding carboxylic acids is 2. The highest BCUT2D eigenvalue weighted by Gasteiger charge is 2.14. The molecule has 1 aromatic heterocycles. The second kappa shape index (κ2) is 6.49. The van der Waals surface area contributed by atoms with Crippen LogP contribution in [0.2, 0.25) is 0 Å². The van der Waals surface area contributed by atoms with Crippen LogP contribution in [0.15, 0.2) is 48.7 Å². The second-order valence-corrected chi connectivity index (χ2v) is 5.16. The maximum Gasteiger partial charge on any atom is 0.272 e. The molecule has 0 bridgehead atoms. The summed E-state index contributed by atoms with van der Waals surface area (Å²) in [6.45, 7) is 0. The number of benzene rings is 2. The Hall–Kier alpha value is -3.22. The first-order valence-corrected chi connectivity index (χ1v) is 7.14. The molecule has 0 aliphatic heterocycles. The van der Waals surface area contributed by atoms with E-state index < -0.39 is 23.4 Å². The standard InChI is InChI=1S/C17H13F2N3O2/c18-11-5-6-13(14(19)8-11)17(24)22-21-16(23)7-10-9-20-15-4-2-1-3-12(10)15/h1-6,8-9,20H,7H2,(H,21,23)(H,22,24). The lowest BCUT2D eigenvalue weighted by Crippen LogP contribution is -2.42. The van der Waals surface area contributed by atoms with E-state index in [-0.39, 0.29) is 12.0 Å². The smallest absolute Gasteiger partial charge is 0.272 e. The molecule has 3 rings (SSSR count). The largest absolute Gasteiger partial charge is 0.361 e. The number of aromatic amines is 1. The lowest BCUT2D eigenvalue weighted by molar-refractivity contribution is -0.121. The van der Waals surface area contributed by atoms with E-state index in [1.165, 1.54) is 0 Å². The first-order valence-electron chi connectivity index (χ1n) is 7.14. The first-order chi connectivity index (χ1) is 11.5. The normalized spacial score (nSPS) is 10.6. The van der Waals surface area contributed by atoms with Crippen molar-refractivity contribution in [1.29, 1.82) is 0 Å². The maximum atomic E-state index is 13.5. The summed E-state index contributed by atoms with van der Waals surface area (Å²) < 4.78 is 26.3. The van der Waals surface area contributed by atoms with Crippen molar-refractivity contribution >= 4 is 22.7 Å². The Morgan fingerprint density at radius 1 is 1.04 bits per heavy atom. The monoisotopic (exact) mass is 329 g/mol. The van der Waals surface area contributed by atoms with Crippen molar-refractivity contribution in [3.63, 3.8) is 0 Å². The molecule has 0 fully saturated rings. The summed E-state index contributed by atoms with van der Waals surface area (Å²) in [5.74, 6) is -3.11. The summed E-state index contributed by atoms with van der Waals surface area (Å²) in [4.78, 5) is 26.8. The molecule has 0 radical (unpaired) electrons. The number of nitrogens with one attached hydrogen (secondary N) is 3. The molecule has 24 heavy (non-hydrogen) atoms. The highest BCUT2D eigenvalue weighted by atomic mass is 19.1. The maximum absolute atomic E-state index is 13.5. The van der Waals surface area contributed by atoms with Crippen LogP contribution >= 0.6 is 0 Å². The Kier molecular flexibility index (Phi) is 4.24. The van der Waals surface area contributed by atoms with Crippen LogP contribution < -0.4 is 10.9 Å². The highest BCUT2D eigenvalue weighted by Crippen LogP contribution is 2.17. The molecule has 2 aromatic carbocycles. The number of fused-ring (bicyclic) bond motifs is 1. The number of rotatable bonds is 3. The predicted octanol–water partition coefficient (Wildman–Crippen LogP) is 2.45. The molecule has 5 nitrogen and oxygen atoms in total. The molecule has 122 valence electrons. The van der Waals surface area contributed by atoms with E-state index in [9.17, 15) is 18.4 Å². The van der Waals surface area contributed by atoms with E-state index in [1.807, 2.05) is 24.3 Å². The van der Waals surface area contributed by atoms with Gasteiger partial charge in [0.15, 0.2) is 0 Å². The molecule has 0 unspecified atom stereocenters. The zero-order chi connectivity index (χ0) is 17.1. The lowest BCUT2D eigenvalue weighted by atomic mass is 10.1. The molecule has 2 amide bonds. The van der Waals surface area contributed by atoms with Crippen LogP contribution in [-0.2, 0) is 11.2 Å². The molecule has 3 aromatic rings. The van der Waals surface area contributed by atoms with E-state index in [4.69, 9.17) is 0 Å². The zero-order valence-corrected chi connectivity index (χ0v) is 12.4. The van der Waals surface area contributed by atoms with E-state index in [1.54, 1.807) is 6.20 Å². The van der Waals surface area contributed by atoms with Gasteiger partial charge in [-0.25, -0.2) is 8.78 Å². The quantitative estimate of drug-likeness (QED) is 0.646. The van der Waals surface area contributed by atoms with Gasteiger partial charge in [-0.3, -0.25) is 20.4 Å². The van der Waals surface area contributed by atoms with Crippen LogP contribution in [-0.4, -0.2) is 16.8 Å². The van der Waals surface area contributed by atoms with E-state index >= 15 is 0 Å². The second-order valence-electron chi connectivity index (χ2n) is 5.16. The number of hydrogen-bond acceptors (Lipinski definition) is 2. The van der Waals surface area contributed by atoms with Crippen molar-refractivity contribution in [2.45, 2.75) is 6.42 Å². The minimum absolute atomic E-state index is 0.0379. The summed E-state index contributed by atoms with van der Waals surface area (Å²) in [7, 11) is 0. The van der Waals surface area contributed by atoms with Gasteiger partial charge in [-0.15, -0.1) is 0 Å². The molecule has 3 N–H and O–H groups in total. The minimum atomic E-state index is -1.00. The number of halogens is 2. The fraction of sp³-hybridized carbons (Fsp3) is 0.0588. The fourth-order valence-electron chi connectivity index (χ4n) is 2.36. The number of carbonyl (C=O) groups is 2. The van der Waals surface area contributed by atoms with Crippen LogP contribution in [0.4, 0.5) is 8.78 Å². The summed E-state index contributed by atoms with van der Waals surface area (Å²) in [6, 6.07) is 10.1. The average molecular weight is 329 g/mol. The molecule has 0 aliphatic rings. The summed E-state index contributed by atoms with van der Waals surface area (Å²) >= 11 is 0. The van der Waals surface area contributed by atoms with Gasteiger partial charge >= 0.3 is 0 Å². The van der Waals surface area contributed by atoms with Crippen molar-refractivity contribution < 1.29 is 18.4 Å². The van der Waals surface area contributed by atoms with Gasteiger partial charge in [0, 0.05) is 23.2 Å². The third-order valence-corrected chi connectivity index (χ3v) is 3.52. The SMILES string of the molecule is O=C(Cc1c[nH]c2ccccc12)NNC(=O)c1ccc(F)cc1F. The van der Waals surface area contributed by atoms with Gasteiger partial charge in [0.2, 0.25) is 5.91 Å². The molecule has 1 heterocycles. The Morgan fingerprint density at radius 3 is 2.62 bits per heavy atom. The van der Waals surface area contributed by atoms with E-state index in [0.717, 1.165) is 28.6 Å². The Labute approximate surface area is 135 Å². The van der Waals surface area contributed by atoms with Gasteiger partial charge in [0.1, 0.15) is 11.6 Å². The molecular formula is C17H13F2N3O2. The summed E-state index contributed by atoms with van der Waals surface area (Å²) in [5.41, 5.74) is 5.63. The molecule has 0 atom stereocenters. The van der Waals surface area contributed by atoms with Crippen LogP contribution in [0.1, 0.15) is 15.9 Å².